The Bertz CT molecular complexity index is 419. The minimum Gasteiger partial charge on any atom is -0.478 e. The van der Waals surface area contributed by atoms with Crippen LogP contribution in [0, 0.1) is 0 Å². The molecule has 0 saturated carbocycles. The monoisotopic (exact) mass is 255 g/mol. The number of pyridine rings is 1. The first-order valence-corrected chi connectivity index (χ1v) is 5.90. The Morgan fingerprint density at radius 1 is 1.65 bits per heavy atom. The Kier molecular flexibility index (Phi) is 3.81. The molecule has 0 unspecified atom stereocenters. The number of hydrogen-bond donors (Lipinski definition) is 3. The summed E-state index contributed by atoms with van der Waals surface area (Å²) in [4.78, 5) is 14.8. The van der Waals surface area contributed by atoms with Crippen LogP contribution in [0.4, 0.5) is 5.69 Å². The molecule has 1 fully saturated rings. The van der Waals surface area contributed by atoms with Crippen LogP contribution in [0.1, 0.15) is 23.2 Å². The predicted molar refractivity (Wildman–Crippen MR) is 65.7 cm³/mol. The van der Waals surface area contributed by atoms with E-state index >= 15 is 0 Å². The lowest BCUT2D eigenvalue weighted by atomic mass is 10.1. The van der Waals surface area contributed by atoms with Crippen molar-refractivity contribution >= 4 is 23.3 Å². The Balaban J connectivity index is 2.17. The minimum atomic E-state index is -1.000. The number of aromatic carboxylic acids is 1. The molecular weight excluding hydrogens is 242 g/mol. The van der Waals surface area contributed by atoms with Crippen LogP contribution in [-0.2, 0) is 0 Å². The van der Waals surface area contributed by atoms with Gasteiger partial charge in [0.2, 0.25) is 0 Å². The maximum atomic E-state index is 11.0. The van der Waals surface area contributed by atoms with Crippen LogP contribution >= 0.6 is 11.6 Å². The molecule has 6 heteroatoms. The molecule has 17 heavy (non-hydrogen) atoms. The van der Waals surface area contributed by atoms with Gasteiger partial charge < -0.3 is 15.7 Å². The van der Waals surface area contributed by atoms with E-state index in [0.717, 1.165) is 25.9 Å². The fourth-order valence-corrected chi connectivity index (χ4v) is 2.07. The van der Waals surface area contributed by atoms with Crippen LogP contribution < -0.4 is 10.6 Å². The summed E-state index contributed by atoms with van der Waals surface area (Å²) >= 11 is 5.78. The number of piperidine rings is 1. The third kappa shape index (κ3) is 3.08. The van der Waals surface area contributed by atoms with Gasteiger partial charge in [0.1, 0.15) is 10.7 Å². The van der Waals surface area contributed by atoms with Gasteiger partial charge in [0.15, 0.2) is 0 Å². The van der Waals surface area contributed by atoms with E-state index in [4.69, 9.17) is 16.7 Å². The van der Waals surface area contributed by atoms with Gasteiger partial charge in [-0.05, 0) is 25.5 Å². The normalized spacial score (nSPS) is 19.9. The minimum absolute atomic E-state index is 0.153. The second kappa shape index (κ2) is 5.33. The van der Waals surface area contributed by atoms with E-state index < -0.39 is 5.97 Å². The molecule has 5 nitrogen and oxygen atoms in total. The number of carbonyl (C=O) groups is 1. The van der Waals surface area contributed by atoms with Gasteiger partial charge in [-0.2, -0.15) is 0 Å². The maximum absolute atomic E-state index is 11.0. The number of nitrogens with zero attached hydrogens (tertiary/aromatic N) is 1. The number of carboxylic acids is 1. The smallest absolute Gasteiger partial charge is 0.339 e. The van der Waals surface area contributed by atoms with Gasteiger partial charge >= 0.3 is 5.97 Å². The summed E-state index contributed by atoms with van der Waals surface area (Å²) in [5.74, 6) is -1.000. The lowest BCUT2D eigenvalue weighted by molar-refractivity contribution is 0.0697. The second-order valence-electron chi connectivity index (χ2n) is 4.05. The van der Waals surface area contributed by atoms with Crippen molar-refractivity contribution in [1.82, 2.24) is 10.3 Å². The lowest BCUT2D eigenvalue weighted by Crippen LogP contribution is -2.38. The lowest BCUT2D eigenvalue weighted by Gasteiger charge is -2.25. The fraction of sp³-hybridized carbons (Fsp3) is 0.455. The molecule has 0 aromatic carbocycles. The highest BCUT2D eigenvalue weighted by atomic mass is 35.5. The van der Waals surface area contributed by atoms with E-state index in [-0.39, 0.29) is 11.6 Å². The summed E-state index contributed by atoms with van der Waals surface area (Å²) in [6, 6.07) is 1.79. The van der Waals surface area contributed by atoms with Gasteiger partial charge in [-0.15, -0.1) is 0 Å². The number of hydrogen-bond acceptors (Lipinski definition) is 4. The molecule has 0 bridgehead atoms. The highest BCUT2D eigenvalue weighted by Gasteiger charge is 2.17. The van der Waals surface area contributed by atoms with Crippen molar-refractivity contribution in [1.29, 1.82) is 0 Å². The third-order valence-corrected chi connectivity index (χ3v) is 2.96. The molecular formula is C11H14ClN3O2. The molecule has 0 aliphatic carbocycles. The molecule has 1 saturated heterocycles. The van der Waals surface area contributed by atoms with Gasteiger partial charge in [-0.3, -0.25) is 0 Å². The third-order valence-electron chi connectivity index (χ3n) is 2.76. The largest absolute Gasteiger partial charge is 0.478 e. The van der Waals surface area contributed by atoms with Crippen molar-refractivity contribution in [2.24, 2.45) is 0 Å². The predicted octanol–water partition coefficient (Wildman–Crippen LogP) is 1.60. The first-order chi connectivity index (χ1) is 8.16. The van der Waals surface area contributed by atoms with Gasteiger partial charge in [0.05, 0.1) is 5.69 Å². The molecule has 2 heterocycles. The fourth-order valence-electron chi connectivity index (χ4n) is 1.91. The van der Waals surface area contributed by atoms with Gasteiger partial charge in [0, 0.05) is 18.8 Å². The van der Waals surface area contributed by atoms with Crippen molar-refractivity contribution in [3.8, 4) is 0 Å². The molecule has 1 aromatic heterocycles. The number of nitrogens with one attached hydrogen (secondary N) is 2. The van der Waals surface area contributed by atoms with Gasteiger partial charge in [0.25, 0.3) is 0 Å². The van der Waals surface area contributed by atoms with Crippen LogP contribution in [0.15, 0.2) is 12.3 Å². The molecule has 0 radical (unpaired) electrons. The Morgan fingerprint density at radius 3 is 3.12 bits per heavy atom. The van der Waals surface area contributed by atoms with E-state index in [1.165, 1.54) is 6.20 Å². The molecule has 1 aliphatic rings. The van der Waals surface area contributed by atoms with Crippen molar-refractivity contribution in [3.63, 3.8) is 0 Å². The van der Waals surface area contributed by atoms with Crippen LogP contribution in [0.25, 0.3) is 0 Å². The van der Waals surface area contributed by atoms with Crippen molar-refractivity contribution in [3.05, 3.63) is 23.0 Å². The number of rotatable bonds is 3. The summed E-state index contributed by atoms with van der Waals surface area (Å²) in [5, 5.41) is 15.8. The average molecular weight is 256 g/mol. The number of anilines is 1. The van der Waals surface area contributed by atoms with Gasteiger partial charge in [-0.1, -0.05) is 11.6 Å². The van der Waals surface area contributed by atoms with Crippen LogP contribution in [0.5, 0.6) is 0 Å². The maximum Gasteiger partial charge on any atom is 0.339 e. The quantitative estimate of drug-likeness (QED) is 0.716. The van der Waals surface area contributed by atoms with Crippen LogP contribution in [0.3, 0.4) is 0 Å². The number of carboxylic acid groups (broad SMARTS) is 1. The van der Waals surface area contributed by atoms with Crippen molar-refractivity contribution < 1.29 is 9.90 Å². The first-order valence-electron chi connectivity index (χ1n) is 5.53. The summed E-state index contributed by atoms with van der Waals surface area (Å²) in [6.45, 7) is 1.85. The van der Waals surface area contributed by atoms with Crippen molar-refractivity contribution in [2.75, 3.05) is 18.4 Å². The summed E-state index contributed by atoms with van der Waals surface area (Å²) in [6.07, 6.45) is 3.38. The number of halogens is 1. The summed E-state index contributed by atoms with van der Waals surface area (Å²) in [5.41, 5.74) is 0.686. The van der Waals surface area contributed by atoms with E-state index in [1.54, 1.807) is 6.07 Å². The zero-order chi connectivity index (χ0) is 12.3. The number of aromatic nitrogens is 1. The van der Waals surface area contributed by atoms with E-state index in [2.05, 4.69) is 15.6 Å². The van der Waals surface area contributed by atoms with E-state index in [1.807, 2.05) is 0 Å². The molecule has 92 valence electrons. The molecule has 3 N–H and O–H groups in total. The average Bonchev–Trinajstić information content (AvgIpc) is 2.30. The zero-order valence-corrected chi connectivity index (χ0v) is 10.00. The first kappa shape index (κ1) is 12.1. The van der Waals surface area contributed by atoms with E-state index in [0.29, 0.717) is 10.8 Å². The van der Waals surface area contributed by atoms with Gasteiger partial charge in [-0.25, -0.2) is 9.78 Å². The van der Waals surface area contributed by atoms with Crippen molar-refractivity contribution in [2.45, 2.75) is 18.9 Å². The highest BCUT2D eigenvalue weighted by Crippen LogP contribution is 2.21. The van der Waals surface area contributed by atoms with Crippen LogP contribution in [-0.4, -0.2) is 35.2 Å². The molecule has 0 spiro atoms. The summed E-state index contributed by atoms with van der Waals surface area (Å²) < 4.78 is 0. The topological polar surface area (TPSA) is 74.2 Å². The Labute approximate surface area is 104 Å². The van der Waals surface area contributed by atoms with E-state index in [9.17, 15) is 4.79 Å². The molecule has 1 aliphatic heterocycles. The standard InChI is InChI=1S/C11H14ClN3O2/c12-10-4-9(8(6-14-10)11(16)17)15-7-2-1-3-13-5-7/h4,6-7,13H,1-3,5H2,(H,14,15)(H,16,17)/t7-/m1/s1. The highest BCUT2D eigenvalue weighted by molar-refractivity contribution is 6.29. The Morgan fingerprint density at radius 2 is 2.47 bits per heavy atom. The van der Waals surface area contributed by atoms with Crippen LogP contribution in [0.2, 0.25) is 5.15 Å². The summed E-state index contributed by atoms with van der Waals surface area (Å²) in [7, 11) is 0. The Hall–Kier alpha value is -1.33. The molecule has 0 amide bonds. The molecule has 2 rings (SSSR count). The SMILES string of the molecule is O=C(O)c1cnc(Cl)cc1N[C@@H]1CCCNC1. The zero-order valence-electron chi connectivity index (χ0n) is 9.24. The molecule has 1 atom stereocenters. The molecule has 1 aromatic rings. The second-order valence-corrected chi connectivity index (χ2v) is 4.43.